The molecule has 0 N–H and O–H groups in total. The highest BCUT2D eigenvalue weighted by molar-refractivity contribution is 7.13. The Balaban J connectivity index is 2.02. The molecule has 20 heavy (non-hydrogen) atoms. The fourth-order valence-corrected chi connectivity index (χ4v) is 2.58. The Bertz CT molecular complexity index is 821. The number of nitriles is 1. The maximum absolute atomic E-state index is 13.1. The molecule has 3 rings (SSSR count). The van der Waals surface area contributed by atoms with Crippen LogP contribution in [0, 0.1) is 17.1 Å². The van der Waals surface area contributed by atoms with Crippen LogP contribution >= 0.6 is 22.9 Å². The smallest absolute Gasteiger partial charge is 0.269 e. The van der Waals surface area contributed by atoms with Gasteiger partial charge in [-0.05, 0) is 29.6 Å². The number of aromatic nitrogens is 2. The third-order valence-electron chi connectivity index (χ3n) is 2.58. The second-order valence-electron chi connectivity index (χ2n) is 3.83. The molecule has 1 aromatic carbocycles. The van der Waals surface area contributed by atoms with E-state index in [0.717, 1.165) is 0 Å². The van der Waals surface area contributed by atoms with Crippen molar-refractivity contribution in [1.29, 1.82) is 5.26 Å². The Morgan fingerprint density at radius 2 is 2.20 bits per heavy atom. The van der Waals surface area contributed by atoms with E-state index < -0.39 is 5.82 Å². The van der Waals surface area contributed by atoms with Crippen LogP contribution in [0.5, 0.6) is 0 Å². The largest absolute Gasteiger partial charge is 0.333 e. The van der Waals surface area contributed by atoms with Gasteiger partial charge < -0.3 is 4.52 Å². The van der Waals surface area contributed by atoms with Gasteiger partial charge in [0.2, 0.25) is 5.82 Å². The van der Waals surface area contributed by atoms with Gasteiger partial charge in [0.05, 0.1) is 10.6 Å². The third-order valence-corrected chi connectivity index (χ3v) is 3.78. The molecule has 2 heterocycles. The lowest BCUT2D eigenvalue weighted by Gasteiger charge is -1.96. The zero-order valence-electron chi connectivity index (χ0n) is 9.80. The van der Waals surface area contributed by atoms with Crippen LogP contribution in [0.25, 0.3) is 22.2 Å². The van der Waals surface area contributed by atoms with Gasteiger partial charge in [0.15, 0.2) is 0 Å². The van der Waals surface area contributed by atoms with E-state index in [1.807, 2.05) is 0 Å². The molecule has 0 aliphatic carbocycles. The Morgan fingerprint density at radius 3 is 2.95 bits per heavy atom. The SMILES string of the molecule is N#Cc1ccsc1-c1nc(-c2ccc(F)c(Cl)c2)no1. The van der Waals surface area contributed by atoms with E-state index in [2.05, 4.69) is 16.2 Å². The van der Waals surface area contributed by atoms with E-state index in [9.17, 15) is 4.39 Å². The number of benzene rings is 1. The first-order valence-corrected chi connectivity index (χ1v) is 6.72. The Hall–Kier alpha value is -2.23. The summed E-state index contributed by atoms with van der Waals surface area (Å²) in [6, 6.07) is 7.90. The van der Waals surface area contributed by atoms with Gasteiger partial charge in [-0.2, -0.15) is 10.2 Å². The molecule has 2 aromatic heterocycles. The van der Waals surface area contributed by atoms with Crippen molar-refractivity contribution in [2.24, 2.45) is 0 Å². The minimum atomic E-state index is -0.510. The minimum absolute atomic E-state index is 0.0114. The van der Waals surface area contributed by atoms with Crippen molar-refractivity contribution < 1.29 is 8.91 Å². The molecule has 0 saturated heterocycles. The number of hydrogen-bond donors (Lipinski definition) is 0. The molecule has 7 heteroatoms. The molecule has 0 unspecified atom stereocenters. The third kappa shape index (κ3) is 2.18. The summed E-state index contributed by atoms with van der Waals surface area (Å²) in [7, 11) is 0. The molecule has 3 aromatic rings. The van der Waals surface area contributed by atoms with Crippen LogP contribution in [0.1, 0.15) is 5.56 Å². The van der Waals surface area contributed by atoms with Crippen LogP contribution in [0.2, 0.25) is 5.02 Å². The van der Waals surface area contributed by atoms with Crippen LogP contribution in [-0.2, 0) is 0 Å². The molecule has 0 aliphatic heterocycles. The average molecular weight is 306 g/mol. The number of halogens is 2. The predicted octanol–water partition coefficient (Wildman–Crippen LogP) is 4.13. The van der Waals surface area contributed by atoms with E-state index in [1.54, 1.807) is 11.4 Å². The Kier molecular flexibility index (Phi) is 3.22. The van der Waals surface area contributed by atoms with Crippen LogP contribution < -0.4 is 0 Å². The van der Waals surface area contributed by atoms with E-state index in [4.69, 9.17) is 21.4 Å². The number of rotatable bonds is 2. The van der Waals surface area contributed by atoms with Crippen molar-refractivity contribution in [2.75, 3.05) is 0 Å². The van der Waals surface area contributed by atoms with E-state index >= 15 is 0 Å². The summed E-state index contributed by atoms with van der Waals surface area (Å²) < 4.78 is 18.2. The quantitative estimate of drug-likeness (QED) is 0.714. The molecule has 0 fully saturated rings. The van der Waals surface area contributed by atoms with Crippen molar-refractivity contribution in [1.82, 2.24) is 10.1 Å². The molecule has 98 valence electrons. The summed E-state index contributed by atoms with van der Waals surface area (Å²) in [6.07, 6.45) is 0. The van der Waals surface area contributed by atoms with Gasteiger partial charge in [-0.25, -0.2) is 4.39 Å². The highest BCUT2D eigenvalue weighted by Gasteiger charge is 2.16. The first kappa shape index (κ1) is 12.8. The molecule has 0 amide bonds. The standard InChI is InChI=1S/C13H5ClFN3OS/c14-9-5-7(1-2-10(9)15)12-17-13(19-18-12)11-8(6-16)3-4-20-11/h1-5H. The minimum Gasteiger partial charge on any atom is -0.333 e. The molecule has 0 radical (unpaired) electrons. The summed E-state index contributed by atoms with van der Waals surface area (Å²) in [5.74, 6) is 0.0374. The molecule has 0 bridgehead atoms. The summed E-state index contributed by atoms with van der Waals surface area (Å²) in [4.78, 5) is 4.81. The van der Waals surface area contributed by atoms with E-state index in [1.165, 1.54) is 29.5 Å². The fraction of sp³-hybridized carbons (Fsp3) is 0. The van der Waals surface area contributed by atoms with Gasteiger partial charge in [0.25, 0.3) is 5.89 Å². The lowest BCUT2D eigenvalue weighted by molar-refractivity contribution is 0.433. The van der Waals surface area contributed by atoms with Gasteiger partial charge in [0, 0.05) is 5.56 Å². The maximum atomic E-state index is 13.1. The first-order valence-electron chi connectivity index (χ1n) is 5.46. The first-order chi connectivity index (χ1) is 9.69. The Morgan fingerprint density at radius 1 is 1.35 bits per heavy atom. The van der Waals surface area contributed by atoms with Gasteiger partial charge in [0.1, 0.15) is 16.8 Å². The fourth-order valence-electron chi connectivity index (χ4n) is 1.63. The van der Waals surface area contributed by atoms with Gasteiger partial charge in [-0.1, -0.05) is 16.8 Å². The lowest BCUT2D eigenvalue weighted by atomic mass is 10.2. The van der Waals surface area contributed by atoms with Crippen molar-refractivity contribution in [3.63, 3.8) is 0 Å². The normalized spacial score (nSPS) is 10.4. The molecule has 4 nitrogen and oxygen atoms in total. The molecule has 0 spiro atoms. The highest BCUT2D eigenvalue weighted by atomic mass is 35.5. The lowest BCUT2D eigenvalue weighted by Crippen LogP contribution is -1.83. The summed E-state index contributed by atoms with van der Waals surface area (Å²) in [6.45, 7) is 0. The molecule has 0 atom stereocenters. The number of hydrogen-bond acceptors (Lipinski definition) is 5. The van der Waals surface area contributed by atoms with Crippen molar-refractivity contribution >= 4 is 22.9 Å². The number of nitrogens with zero attached hydrogens (tertiary/aromatic N) is 3. The van der Waals surface area contributed by atoms with Crippen LogP contribution in [-0.4, -0.2) is 10.1 Å². The second kappa shape index (κ2) is 5.04. The van der Waals surface area contributed by atoms with Crippen molar-refractivity contribution in [2.45, 2.75) is 0 Å². The summed E-state index contributed by atoms with van der Waals surface area (Å²) >= 11 is 7.05. The van der Waals surface area contributed by atoms with Gasteiger partial charge >= 0.3 is 0 Å². The second-order valence-corrected chi connectivity index (χ2v) is 5.15. The monoisotopic (exact) mass is 305 g/mol. The van der Waals surface area contributed by atoms with Crippen LogP contribution in [0.4, 0.5) is 4.39 Å². The Labute approximate surface area is 122 Å². The molecule has 0 aliphatic rings. The van der Waals surface area contributed by atoms with Gasteiger partial charge in [-0.3, -0.25) is 0 Å². The zero-order chi connectivity index (χ0) is 14.1. The summed E-state index contributed by atoms with van der Waals surface area (Å²) in [5.41, 5.74) is 1.02. The zero-order valence-corrected chi connectivity index (χ0v) is 11.4. The summed E-state index contributed by atoms with van der Waals surface area (Å²) in [5, 5.41) is 14.5. The van der Waals surface area contributed by atoms with Crippen LogP contribution in [0.3, 0.4) is 0 Å². The average Bonchev–Trinajstić information content (AvgIpc) is 3.09. The topological polar surface area (TPSA) is 62.7 Å². The highest BCUT2D eigenvalue weighted by Crippen LogP contribution is 2.30. The van der Waals surface area contributed by atoms with Gasteiger partial charge in [-0.15, -0.1) is 11.3 Å². The van der Waals surface area contributed by atoms with Crippen molar-refractivity contribution in [3.05, 3.63) is 46.0 Å². The van der Waals surface area contributed by atoms with Crippen molar-refractivity contribution in [3.8, 4) is 28.2 Å². The molecular weight excluding hydrogens is 301 g/mol. The number of thiophene rings is 1. The van der Waals surface area contributed by atoms with Crippen LogP contribution in [0.15, 0.2) is 34.2 Å². The maximum Gasteiger partial charge on any atom is 0.269 e. The molecule has 0 saturated carbocycles. The molecular formula is C13H5ClFN3OS. The predicted molar refractivity (Wildman–Crippen MR) is 72.7 cm³/mol. The van der Waals surface area contributed by atoms with E-state index in [0.29, 0.717) is 21.8 Å². The van der Waals surface area contributed by atoms with E-state index in [-0.39, 0.29) is 10.9 Å².